The number of carbonyl (C=O) groups is 1. The Kier molecular flexibility index (Phi) is 3.51. The molecule has 2 heterocycles. The highest BCUT2D eigenvalue weighted by atomic mass is 32.2. The highest BCUT2D eigenvalue weighted by molar-refractivity contribution is 8.00. The van der Waals surface area contributed by atoms with Crippen molar-refractivity contribution in [2.75, 3.05) is 12.9 Å². The molecule has 3 atom stereocenters. The Morgan fingerprint density at radius 3 is 2.59 bits per heavy atom. The van der Waals surface area contributed by atoms with Crippen LogP contribution in [0.25, 0.3) is 0 Å². The van der Waals surface area contributed by atoms with Gasteiger partial charge in [-0.1, -0.05) is 0 Å². The smallest absolute Gasteiger partial charge is 0.343 e. The van der Waals surface area contributed by atoms with Gasteiger partial charge in [0, 0.05) is 12.9 Å². The predicted molar refractivity (Wildman–Crippen MR) is 70.5 cm³/mol. The van der Waals surface area contributed by atoms with Crippen molar-refractivity contribution in [1.82, 2.24) is 4.90 Å². The van der Waals surface area contributed by atoms with Crippen molar-refractivity contribution in [3.63, 3.8) is 0 Å². The van der Waals surface area contributed by atoms with Crippen LogP contribution in [-0.2, 0) is 18.1 Å². The summed E-state index contributed by atoms with van der Waals surface area (Å²) in [5.41, 5.74) is 0. The van der Waals surface area contributed by atoms with Crippen LogP contribution in [0.5, 0.6) is 0 Å². The van der Waals surface area contributed by atoms with Crippen molar-refractivity contribution in [2.24, 2.45) is 0 Å². The molecule has 8 heteroatoms. The van der Waals surface area contributed by atoms with E-state index in [1.807, 2.05) is 19.6 Å². The van der Waals surface area contributed by atoms with Crippen LogP contribution >= 0.6 is 19.4 Å². The Hall–Kier alpha value is 0.187. The lowest BCUT2D eigenvalue weighted by molar-refractivity contribution is -0.141. The molecule has 0 aliphatic carbocycles. The van der Waals surface area contributed by atoms with E-state index >= 15 is 0 Å². The first kappa shape index (κ1) is 13.6. The molecular formula is C9H18NO4PSSi. The van der Waals surface area contributed by atoms with Crippen molar-refractivity contribution in [3.8, 4) is 0 Å². The molecule has 2 aliphatic rings. The first-order chi connectivity index (χ1) is 7.77. The quantitative estimate of drug-likeness (QED) is 0.452. The zero-order chi connectivity index (χ0) is 12.8. The molecule has 0 spiro atoms. The molecule has 0 radical (unpaired) electrons. The van der Waals surface area contributed by atoms with Gasteiger partial charge in [-0.3, -0.25) is 9.36 Å². The molecule has 0 aromatic heterocycles. The molecule has 0 aromatic rings. The molecule has 5 nitrogen and oxygen atoms in total. The molecule has 2 saturated heterocycles. The minimum atomic E-state index is -3.20. The lowest BCUT2D eigenvalue weighted by atomic mass is 10.2. The van der Waals surface area contributed by atoms with Gasteiger partial charge < -0.3 is 13.6 Å². The lowest BCUT2D eigenvalue weighted by Crippen LogP contribution is -2.52. The number of β-lactam (4-membered cyclic amide) rings is 1. The average Bonchev–Trinajstić information content (AvgIpc) is 2.53. The second-order valence-electron chi connectivity index (χ2n) is 5.20. The molecular weight excluding hydrogens is 277 g/mol. The fraction of sp³-hybridized carbons (Fsp3) is 0.889. The van der Waals surface area contributed by atoms with Gasteiger partial charge in [-0.25, -0.2) is 0 Å². The van der Waals surface area contributed by atoms with E-state index < -0.39 is 21.7 Å². The Morgan fingerprint density at radius 2 is 2.12 bits per heavy atom. The average molecular weight is 295 g/mol. The van der Waals surface area contributed by atoms with Crippen LogP contribution in [0.3, 0.4) is 0 Å². The summed E-state index contributed by atoms with van der Waals surface area (Å²) in [7, 11) is -3.76. The molecule has 1 amide bonds. The number of amides is 1. The van der Waals surface area contributed by atoms with Crippen molar-refractivity contribution in [1.29, 1.82) is 0 Å². The topological polar surface area (TPSA) is 55.8 Å². The van der Waals surface area contributed by atoms with Crippen LogP contribution in [0.4, 0.5) is 0 Å². The third-order valence-corrected chi connectivity index (χ3v) is 9.14. The van der Waals surface area contributed by atoms with Gasteiger partial charge in [0.15, 0.2) is 8.32 Å². The first-order valence-corrected chi connectivity index (χ1v) is 11.6. The molecule has 2 fully saturated rings. The van der Waals surface area contributed by atoms with E-state index in [1.165, 1.54) is 7.11 Å². The molecule has 2 unspecified atom stereocenters. The number of nitrogens with zero attached hydrogens (tertiary/aromatic N) is 1. The largest absolute Gasteiger partial charge is 0.350 e. The monoisotopic (exact) mass is 295 g/mol. The van der Waals surface area contributed by atoms with Gasteiger partial charge in [0.05, 0.1) is 11.8 Å². The summed E-state index contributed by atoms with van der Waals surface area (Å²) in [6.45, 7) is 5.91. The van der Waals surface area contributed by atoms with Crippen LogP contribution in [0, 0.1) is 0 Å². The van der Waals surface area contributed by atoms with E-state index in [2.05, 4.69) is 0 Å². The normalized spacial score (nSPS) is 32.0. The molecule has 2 rings (SSSR count). The summed E-state index contributed by atoms with van der Waals surface area (Å²) in [5.74, 6) is 0.309. The Labute approximate surface area is 107 Å². The van der Waals surface area contributed by atoms with E-state index in [4.69, 9.17) is 8.74 Å². The number of hydrogen-bond donors (Lipinski definition) is 0. The lowest BCUT2D eigenvalue weighted by Gasteiger charge is -2.40. The van der Waals surface area contributed by atoms with Crippen molar-refractivity contribution in [3.05, 3.63) is 0 Å². The van der Waals surface area contributed by atoms with Crippen LogP contribution in [-0.4, -0.2) is 43.1 Å². The van der Waals surface area contributed by atoms with Crippen molar-refractivity contribution >= 4 is 33.6 Å². The number of thioether (sulfide) groups is 1. The summed E-state index contributed by atoms with van der Waals surface area (Å²) in [6.07, 6.45) is 0.553. The van der Waals surface area contributed by atoms with Gasteiger partial charge in [-0.05, 0) is 19.6 Å². The fourth-order valence-electron chi connectivity index (χ4n) is 2.02. The molecule has 0 aromatic carbocycles. The van der Waals surface area contributed by atoms with Gasteiger partial charge in [-0.2, -0.15) is 0 Å². The molecule has 0 saturated carbocycles. The van der Waals surface area contributed by atoms with E-state index in [0.717, 1.165) is 0 Å². The minimum Gasteiger partial charge on any atom is -0.350 e. The summed E-state index contributed by atoms with van der Waals surface area (Å²) in [4.78, 5) is 13.2. The van der Waals surface area contributed by atoms with E-state index in [0.29, 0.717) is 12.2 Å². The first-order valence-electron chi connectivity index (χ1n) is 5.56. The number of carbonyl (C=O) groups excluding carboxylic acids is 1. The number of hydrogen-bond acceptors (Lipinski definition) is 5. The molecule has 2 aliphatic heterocycles. The number of rotatable bonds is 4. The standard InChI is InChI=1S/C9H18NO4PSSi/c1-13-15(12,14-17(2,3)4)8-6-16-9-5-7(11)10(8)9/h8-9H,5-6H2,1-4H3/t8?,9-,15?/m0/s1. The van der Waals surface area contributed by atoms with Crippen LogP contribution < -0.4 is 0 Å². The third-order valence-electron chi connectivity index (χ3n) is 2.73. The second kappa shape index (κ2) is 4.38. The predicted octanol–water partition coefficient (Wildman–Crippen LogP) is 2.31. The fourth-order valence-corrected chi connectivity index (χ4v) is 9.02. The highest BCUT2D eigenvalue weighted by Gasteiger charge is 2.55. The van der Waals surface area contributed by atoms with Gasteiger partial charge in [-0.15, -0.1) is 11.8 Å². The SMILES string of the molecule is COP(=O)(O[Si](C)(C)C)C1CS[C@H]2CC(=O)N12. The highest BCUT2D eigenvalue weighted by Crippen LogP contribution is 2.61. The Balaban J connectivity index is 2.18. The summed E-state index contributed by atoms with van der Waals surface area (Å²) < 4.78 is 23.6. The summed E-state index contributed by atoms with van der Waals surface area (Å²) in [5, 5.41) is 0.182. The minimum absolute atomic E-state index is 0.0569. The third kappa shape index (κ3) is 2.49. The van der Waals surface area contributed by atoms with E-state index in [9.17, 15) is 9.36 Å². The van der Waals surface area contributed by atoms with Gasteiger partial charge in [0.25, 0.3) is 0 Å². The summed E-state index contributed by atoms with van der Waals surface area (Å²) in [6, 6.07) is 0. The zero-order valence-electron chi connectivity index (χ0n) is 10.5. The maximum atomic E-state index is 12.7. The Morgan fingerprint density at radius 1 is 1.47 bits per heavy atom. The van der Waals surface area contributed by atoms with Crippen LogP contribution in [0.2, 0.25) is 19.6 Å². The van der Waals surface area contributed by atoms with Crippen molar-refractivity contribution in [2.45, 2.75) is 37.2 Å². The van der Waals surface area contributed by atoms with Crippen LogP contribution in [0.15, 0.2) is 0 Å². The maximum Gasteiger partial charge on any atom is 0.343 e. The molecule has 98 valence electrons. The van der Waals surface area contributed by atoms with Gasteiger partial charge in [0.2, 0.25) is 5.91 Å². The van der Waals surface area contributed by atoms with Crippen molar-refractivity contribution < 1.29 is 18.1 Å². The number of fused-ring (bicyclic) bond motifs is 1. The van der Waals surface area contributed by atoms with Crippen LogP contribution in [0.1, 0.15) is 6.42 Å². The Bertz CT molecular complexity index is 386. The summed E-state index contributed by atoms with van der Waals surface area (Å²) >= 11 is 1.66. The van der Waals surface area contributed by atoms with Gasteiger partial charge >= 0.3 is 7.60 Å². The second-order valence-corrected chi connectivity index (χ2v) is 13.4. The zero-order valence-corrected chi connectivity index (χ0v) is 13.2. The van der Waals surface area contributed by atoms with E-state index in [-0.39, 0.29) is 11.3 Å². The molecule has 17 heavy (non-hydrogen) atoms. The molecule has 0 bridgehead atoms. The van der Waals surface area contributed by atoms with E-state index in [1.54, 1.807) is 16.7 Å². The molecule has 0 N–H and O–H groups in total. The maximum absolute atomic E-state index is 12.7. The van der Waals surface area contributed by atoms with Gasteiger partial charge in [0.1, 0.15) is 5.78 Å².